The Morgan fingerprint density at radius 2 is 2.12 bits per heavy atom. The van der Waals surface area contributed by atoms with Crippen LogP contribution in [0.4, 0.5) is 17.6 Å². The molecule has 176 valence electrons. The minimum absolute atomic E-state index is 0.00336. The first-order valence-electron chi connectivity index (χ1n) is 10.2. The Morgan fingerprint density at radius 3 is 2.78 bits per heavy atom. The van der Waals surface area contributed by atoms with Crippen molar-refractivity contribution in [3.05, 3.63) is 40.8 Å². The Morgan fingerprint density at radius 1 is 1.34 bits per heavy atom. The number of ether oxygens (including phenoxy) is 1. The van der Waals surface area contributed by atoms with E-state index in [1.54, 1.807) is 0 Å². The molecule has 1 aromatic heterocycles. The lowest BCUT2D eigenvalue weighted by Gasteiger charge is -2.26. The lowest BCUT2D eigenvalue weighted by atomic mass is 9.93. The van der Waals surface area contributed by atoms with Gasteiger partial charge < -0.3 is 25.0 Å². The topological polar surface area (TPSA) is 96.6 Å². The van der Waals surface area contributed by atoms with E-state index in [-0.39, 0.29) is 35.2 Å². The van der Waals surface area contributed by atoms with E-state index in [9.17, 15) is 27.5 Å². The summed E-state index contributed by atoms with van der Waals surface area (Å²) in [5.74, 6) is -1.99. The van der Waals surface area contributed by atoms with Crippen LogP contribution in [0.2, 0.25) is 0 Å². The van der Waals surface area contributed by atoms with Gasteiger partial charge >= 0.3 is 6.18 Å². The van der Waals surface area contributed by atoms with Crippen molar-refractivity contribution >= 4 is 5.91 Å². The molecule has 1 aliphatic rings. The number of nitrogens with zero attached hydrogens (tertiary/aromatic N) is 1. The van der Waals surface area contributed by atoms with Crippen molar-refractivity contribution in [2.75, 3.05) is 20.3 Å². The van der Waals surface area contributed by atoms with Gasteiger partial charge in [0.1, 0.15) is 5.82 Å². The van der Waals surface area contributed by atoms with Gasteiger partial charge in [0.15, 0.2) is 11.5 Å². The SMILES string of the molecule is COCCNCc1c(C(=O)NC2CCCC(O)C2)noc1-c1ccc(C(F)(F)F)c(F)c1. The second-order valence-corrected chi connectivity index (χ2v) is 7.69. The summed E-state index contributed by atoms with van der Waals surface area (Å²) >= 11 is 0. The van der Waals surface area contributed by atoms with Gasteiger partial charge in [-0.05, 0) is 37.8 Å². The van der Waals surface area contributed by atoms with Crippen molar-refractivity contribution < 1.29 is 36.7 Å². The van der Waals surface area contributed by atoms with Crippen molar-refractivity contribution in [3.63, 3.8) is 0 Å². The molecule has 3 rings (SSSR count). The van der Waals surface area contributed by atoms with Crippen molar-refractivity contribution in [2.45, 2.75) is 50.6 Å². The van der Waals surface area contributed by atoms with Gasteiger partial charge in [-0.15, -0.1) is 0 Å². The molecule has 1 amide bonds. The van der Waals surface area contributed by atoms with Crippen molar-refractivity contribution in [2.24, 2.45) is 0 Å². The number of benzene rings is 1. The van der Waals surface area contributed by atoms with Crippen molar-refractivity contribution in [1.29, 1.82) is 0 Å². The molecule has 11 heteroatoms. The van der Waals surface area contributed by atoms with Crippen LogP contribution in [0.1, 0.15) is 47.3 Å². The van der Waals surface area contributed by atoms with Gasteiger partial charge in [0.05, 0.1) is 18.3 Å². The Hall–Kier alpha value is -2.50. The van der Waals surface area contributed by atoms with E-state index in [1.807, 2.05) is 0 Å². The number of aliphatic hydroxyl groups is 1. The van der Waals surface area contributed by atoms with E-state index in [0.717, 1.165) is 12.5 Å². The summed E-state index contributed by atoms with van der Waals surface area (Å²) in [5.41, 5.74) is -1.13. The fourth-order valence-corrected chi connectivity index (χ4v) is 3.70. The first-order chi connectivity index (χ1) is 15.2. The Labute approximate surface area is 182 Å². The van der Waals surface area contributed by atoms with Gasteiger partial charge in [-0.2, -0.15) is 13.2 Å². The fraction of sp³-hybridized carbons (Fsp3) is 0.524. The third kappa shape index (κ3) is 5.84. The van der Waals surface area contributed by atoms with Crippen LogP contribution in [0, 0.1) is 5.82 Å². The first kappa shape index (κ1) is 24.1. The van der Waals surface area contributed by atoms with E-state index in [2.05, 4.69) is 15.8 Å². The summed E-state index contributed by atoms with van der Waals surface area (Å²) in [6, 6.07) is 2.17. The van der Waals surface area contributed by atoms with Gasteiger partial charge in [0.25, 0.3) is 5.91 Å². The van der Waals surface area contributed by atoms with Crippen LogP contribution < -0.4 is 10.6 Å². The normalized spacial score (nSPS) is 19.2. The molecule has 3 N–H and O–H groups in total. The minimum Gasteiger partial charge on any atom is -0.393 e. The zero-order valence-corrected chi connectivity index (χ0v) is 17.5. The van der Waals surface area contributed by atoms with Crippen LogP contribution in [0.3, 0.4) is 0 Å². The number of carbonyl (C=O) groups is 1. The molecule has 2 unspecified atom stereocenters. The van der Waals surface area contributed by atoms with Gasteiger partial charge in [0.2, 0.25) is 0 Å². The number of hydrogen-bond donors (Lipinski definition) is 3. The predicted molar refractivity (Wildman–Crippen MR) is 106 cm³/mol. The zero-order chi connectivity index (χ0) is 23.3. The van der Waals surface area contributed by atoms with E-state index >= 15 is 0 Å². The molecular weight excluding hydrogens is 434 g/mol. The standard InChI is InChI=1S/C21H25F4N3O4/c1-31-8-7-26-11-15-18(20(30)27-13-3-2-4-14(29)10-13)28-32-19(15)12-5-6-16(17(22)9-12)21(23,24)25/h5-6,9,13-14,26,29H,2-4,7-8,10-11H2,1H3,(H,27,30). The third-order valence-corrected chi connectivity index (χ3v) is 5.31. The molecule has 32 heavy (non-hydrogen) atoms. The highest BCUT2D eigenvalue weighted by atomic mass is 19.4. The van der Waals surface area contributed by atoms with Crippen LogP contribution in [-0.4, -0.2) is 48.6 Å². The van der Waals surface area contributed by atoms with Crippen molar-refractivity contribution in [1.82, 2.24) is 15.8 Å². The molecule has 1 aliphatic carbocycles. The predicted octanol–water partition coefficient (Wildman–Crippen LogP) is 3.27. The summed E-state index contributed by atoms with van der Waals surface area (Å²) in [5, 5.41) is 19.5. The lowest BCUT2D eigenvalue weighted by Crippen LogP contribution is -2.40. The summed E-state index contributed by atoms with van der Waals surface area (Å²) in [6.45, 7) is 0.913. The van der Waals surface area contributed by atoms with Gasteiger partial charge in [-0.1, -0.05) is 11.2 Å². The third-order valence-electron chi connectivity index (χ3n) is 5.31. The fourth-order valence-electron chi connectivity index (χ4n) is 3.70. The molecule has 1 heterocycles. The van der Waals surface area contributed by atoms with Crippen molar-refractivity contribution in [3.8, 4) is 11.3 Å². The number of rotatable bonds is 8. The van der Waals surface area contributed by atoms with Gasteiger partial charge in [-0.3, -0.25) is 4.79 Å². The molecule has 7 nitrogen and oxygen atoms in total. The average molecular weight is 459 g/mol. The number of aromatic nitrogens is 1. The number of nitrogens with one attached hydrogen (secondary N) is 2. The second-order valence-electron chi connectivity index (χ2n) is 7.69. The molecule has 1 aromatic carbocycles. The highest BCUT2D eigenvalue weighted by molar-refractivity contribution is 5.95. The maximum absolute atomic E-state index is 14.1. The number of amides is 1. The Kier molecular flexibility index (Phi) is 7.86. The number of alkyl halides is 3. The molecular formula is C21H25F4N3O4. The number of halogens is 4. The van der Waals surface area contributed by atoms with Crippen LogP contribution in [0.5, 0.6) is 0 Å². The summed E-state index contributed by atoms with van der Waals surface area (Å²) in [6.07, 6.45) is -2.75. The molecule has 0 aliphatic heterocycles. The van der Waals surface area contributed by atoms with Crippen LogP contribution in [0.25, 0.3) is 11.3 Å². The number of hydrogen-bond acceptors (Lipinski definition) is 6. The van der Waals surface area contributed by atoms with Crippen LogP contribution >= 0.6 is 0 Å². The first-order valence-corrected chi connectivity index (χ1v) is 10.2. The summed E-state index contributed by atoms with van der Waals surface area (Å²) in [4.78, 5) is 12.8. The second kappa shape index (κ2) is 10.4. The Balaban J connectivity index is 1.88. The molecule has 0 spiro atoms. The van der Waals surface area contributed by atoms with Gasteiger partial charge in [0, 0.05) is 37.4 Å². The highest BCUT2D eigenvalue weighted by Gasteiger charge is 2.34. The summed E-state index contributed by atoms with van der Waals surface area (Å²) in [7, 11) is 1.52. The quantitative estimate of drug-likeness (QED) is 0.414. The number of carbonyl (C=O) groups excluding carboxylic acids is 1. The average Bonchev–Trinajstić information content (AvgIpc) is 3.14. The van der Waals surface area contributed by atoms with E-state index < -0.39 is 29.6 Å². The largest absolute Gasteiger partial charge is 0.419 e. The Bertz CT molecular complexity index is 932. The van der Waals surface area contributed by atoms with Crippen LogP contribution in [0.15, 0.2) is 22.7 Å². The highest BCUT2D eigenvalue weighted by Crippen LogP contribution is 2.35. The number of methoxy groups -OCH3 is 1. The molecule has 1 saturated carbocycles. The molecule has 0 saturated heterocycles. The lowest BCUT2D eigenvalue weighted by molar-refractivity contribution is -0.139. The molecule has 0 bridgehead atoms. The molecule has 2 aromatic rings. The minimum atomic E-state index is -4.83. The zero-order valence-electron chi connectivity index (χ0n) is 17.5. The van der Waals surface area contributed by atoms with E-state index in [4.69, 9.17) is 9.26 Å². The maximum Gasteiger partial charge on any atom is 0.419 e. The molecule has 0 radical (unpaired) electrons. The monoisotopic (exact) mass is 459 g/mol. The molecule has 2 atom stereocenters. The van der Waals surface area contributed by atoms with E-state index in [1.165, 1.54) is 7.11 Å². The smallest absolute Gasteiger partial charge is 0.393 e. The van der Waals surface area contributed by atoms with Gasteiger partial charge in [-0.25, -0.2) is 4.39 Å². The van der Waals surface area contributed by atoms with E-state index in [0.29, 0.717) is 44.5 Å². The maximum atomic E-state index is 14.1. The summed E-state index contributed by atoms with van der Waals surface area (Å²) < 4.78 is 63.0. The molecule has 1 fully saturated rings. The van der Waals surface area contributed by atoms with Crippen LogP contribution in [-0.2, 0) is 17.5 Å². The number of aliphatic hydroxyl groups excluding tert-OH is 1.